The van der Waals surface area contributed by atoms with Gasteiger partial charge in [0.15, 0.2) is 0 Å². The molecule has 0 fully saturated rings. The van der Waals surface area contributed by atoms with E-state index in [1.165, 1.54) is 12.5 Å². The minimum atomic E-state index is -0.773. The Morgan fingerprint density at radius 2 is 2.17 bits per heavy atom. The van der Waals surface area contributed by atoms with Crippen LogP contribution in [0.2, 0.25) is 0 Å². The van der Waals surface area contributed by atoms with E-state index in [0.717, 1.165) is 19.4 Å². The van der Waals surface area contributed by atoms with E-state index in [9.17, 15) is 9.50 Å². The summed E-state index contributed by atoms with van der Waals surface area (Å²) in [5.41, 5.74) is 0.369. The number of aliphatic hydroxyl groups is 1. The molecular formula is C15H20FNO. The first-order chi connectivity index (χ1) is 8.77. The molecule has 0 heterocycles. The van der Waals surface area contributed by atoms with Crippen molar-refractivity contribution in [2.75, 3.05) is 13.1 Å². The van der Waals surface area contributed by atoms with Crippen LogP contribution in [0.3, 0.4) is 0 Å². The fourth-order valence-corrected chi connectivity index (χ4v) is 2.32. The summed E-state index contributed by atoms with van der Waals surface area (Å²) in [6, 6.07) is 6.39. The van der Waals surface area contributed by atoms with Crippen LogP contribution in [0.4, 0.5) is 4.39 Å². The third-order valence-corrected chi connectivity index (χ3v) is 3.41. The van der Waals surface area contributed by atoms with Gasteiger partial charge in [0.25, 0.3) is 0 Å². The summed E-state index contributed by atoms with van der Waals surface area (Å²) in [4.78, 5) is 0. The molecule has 0 saturated carbocycles. The predicted octanol–water partition coefficient (Wildman–Crippen LogP) is 2.81. The molecule has 1 aromatic rings. The lowest BCUT2D eigenvalue weighted by Gasteiger charge is -2.19. The van der Waals surface area contributed by atoms with Crippen molar-refractivity contribution >= 4 is 0 Å². The van der Waals surface area contributed by atoms with Gasteiger partial charge in [0.05, 0.1) is 6.10 Å². The van der Waals surface area contributed by atoms with Crippen molar-refractivity contribution in [3.63, 3.8) is 0 Å². The van der Waals surface area contributed by atoms with Gasteiger partial charge in [-0.2, -0.15) is 0 Å². The molecule has 2 N–H and O–H groups in total. The fraction of sp³-hybridized carbons (Fsp3) is 0.467. The van der Waals surface area contributed by atoms with Crippen molar-refractivity contribution in [2.45, 2.75) is 25.4 Å². The largest absolute Gasteiger partial charge is 0.387 e. The van der Waals surface area contributed by atoms with Crippen LogP contribution in [0.5, 0.6) is 0 Å². The SMILES string of the molecule is OC(CNCC1CC=CCC1)c1ccccc1F. The molecule has 0 spiro atoms. The number of benzene rings is 1. The van der Waals surface area contributed by atoms with Gasteiger partial charge in [-0.1, -0.05) is 30.4 Å². The third kappa shape index (κ3) is 3.65. The number of rotatable bonds is 5. The molecule has 2 unspecified atom stereocenters. The predicted molar refractivity (Wildman–Crippen MR) is 70.7 cm³/mol. The number of allylic oxidation sites excluding steroid dienone is 2. The summed E-state index contributed by atoms with van der Waals surface area (Å²) in [5, 5.41) is 13.1. The molecule has 2 rings (SSSR count). The van der Waals surface area contributed by atoms with Gasteiger partial charge in [-0.05, 0) is 37.8 Å². The maximum absolute atomic E-state index is 13.4. The van der Waals surface area contributed by atoms with E-state index >= 15 is 0 Å². The van der Waals surface area contributed by atoms with Gasteiger partial charge in [0, 0.05) is 12.1 Å². The average Bonchev–Trinajstić information content (AvgIpc) is 2.40. The normalized spacial score (nSPS) is 20.9. The molecule has 0 saturated heterocycles. The Morgan fingerprint density at radius 3 is 2.89 bits per heavy atom. The zero-order valence-corrected chi connectivity index (χ0v) is 10.5. The maximum Gasteiger partial charge on any atom is 0.129 e. The highest BCUT2D eigenvalue weighted by atomic mass is 19.1. The lowest BCUT2D eigenvalue weighted by Crippen LogP contribution is -2.28. The molecule has 0 amide bonds. The summed E-state index contributed by atoms with van der Waals surface area (Å²) in [7, 11) is 0. The van der Waals surface area contributed by atoms with Crippen LogP contribution in [-0.4, -0.2) is 18.2 Å². The third-order valence-electron chi connectivity index (χ3n) is 3.41. The van der Waals surface area contributed by atoms with Crippen LogP contribution in [0.1, 0.15) is 30.9 Å². The van der Waals surface area contributed by atoms with Crippen molar-refractivity contribution in [3.8, 4) is 0 Å². The van der Waals surface area contributed by atoms with E-state index in [4.69, 9.17) is 0 Å². The first-order valence-corrected chi connectivity index (χ1v) is 6.55. The van der Waals surface area contributed by atoms with Gasteiger partial charge in [-0.25, -0.2) is 4.39 Å². The van der Waals surface area contributed by atoms with E-state index in [-0.39, 0.29) is 5.82 Å². The molecule has 1 aliphatic carbocycles. The molecule has 2 nitrogen and oxygen atoms in total. The minimum absolute atomic E-state index is 0.340. The van der Waals surface area contributed by atoms with Crippen molar-refractivity contribution in [1.82, 2.24) is 5.32 Å². The van der Waals surface area contributed by atoms with Crippen LogP contribution in [0.25, 0.3) is 0 Å². The van der Waals surface area contributed by atoms with Gasteiger partial charge in [-0.3, -0.25) is 0 Å². The highest BCUT2D eigenvalue weighted by molar-refractivity contribution is 5.19. The van der Waals surface area contributed by atoms with Crippen molar-refractivity contribution in [1.29, 1.82) is 0 Å². The van der Waals surface area contributed by atoms with Crippen molar-refractivity contribution in [3.05, 3.63) is 47.8 Å². The lowest BCUT2D eigenvalue weighted by atomic mass is 9.94. The van der Waals surface area contributed by atoms with Crippen LogP contribution in [0.15, 0.2) is 36.4 Å². The van der Waals surface area contributed by atoms with Gasteiger partial charge in [0.2, 0.25) is 0 Å². The van der Waals surface area contributed by atoms with Crippen LogP contribution >= 0.6 is 0 Å². The summed E-state index contributed by atoms with van der Waals surface area (Å²) in [6.07, 6.45) is 7.09. The van der Waals surface area contributed by atoms with E-state index in [0.29, 0.717) is 18.0 Å². The smallest absolute Gasteiger partial charge is 0.129 e. The first-order valence-electron chi connectivity index (χ1n) is 6.55. The van der Waals surface area contributed by atoms with E-state index in [2.05, 4.69) is 17.5 Å². The van der Waals surface area contributed by atoms with Gasteiger partial charge < -0.3 is 10.4 Å². The standard InChI is InChI=1S/C15H20FNO/c16-14-9-5-4-8-13(14)15(18)11-17-10-12-6-2-1-3-7-12/h1-2,4-5,8-9,12,15,17-18H,3,6-7,10-11H2. The molecule has 0 bridgehead atoms. The average molecular weight is 249 g/mol. The number of hydrogen-bond donors (Lipinski definition) is 2. The molecular weight excluding hydrogens is 229 g/mol. The van der Waals surface area contributed by atoms with Gasteiger partial charge in [0.1, 0.15) is 5.82 Å². The highest BCUT2D eigenvalue weighted by Gasteiger charge is 2.13. The zero-order chi connectivity index (χ0) is 12.8. The summed E-state index contributed by atoms with van der Waals surface area (Å²) >= 11 is 0. The maximum atomic E-state index is 13.4. The van der Waals surface area contributed by atoms with Crippen LogP contribution < -0.4 is 5.32 Å². The Hall–Kier alpha value is -1.19. The van der Waals surface area contributed by atoms with Gasteiger partial charge in [-0.15, -0.1) is 0 Å². The number of nitrogens with one attached hydrogen (secondary N) is 1. The summed E-state index contributed by atoms with van der Waals surface area (Å²) < 4.78 is 13.4. The molecule has 1 aromatic carbocycles. The Morgan fingerprint density at radius 1 is 1.33 bits per heavy atom. The molecule has 2 atom stereocenters. The Labute approximate surface area is 108 Å². The molecule has 0 aromatic heterocycles. The highest BCUT2D eigenvalue weighted by Crippen LogP contribution is 2.18. The Balaban J connectivity index is 1.76. The molecule has 18 heavy (non-hydrogen) atoms. The second kappa shape index (κ2) is 6.66. The zero-order valence-electron chi connectivity index (χ0n) is 10.5. The van der Waals surface area contributed by atoms with Crippen molar-refractivity contribution in [2.24, 2.45) is 5.92 Å². The lowest BCUT2D eigenvalue weighted by molar-refractivity contribution is 0.168. The summed E-state index contributed by atoms with van der Waals surface area (Å²) in [6.45, 7) is 1.29. The quantitative estimate of drug-likeness (QED) is 0.786. The first kappa shape index (κ1) is 13.2. The number of halogens is 1. The van der Waals surface area contributed by atoms with Crippen LogP contribution in [0, 0.1) is 11.7 Å². The Kier molecular flexibility index (Phi) is 4.90. The molecule has 3 heteroatoms. The topological polar surface area (TPSA) is 32.3 Å². The second-order valence-electron chi connectivity index (χ2n) is 4.85. The van der Waals surface area contributed by atoms with Crippen LogP contribution in [-0.2, 0) is 0 Å². The second-order valence-corrected chi connectivity index (χ2v) is 4.85. The molecule has 98 valence electrons. The van der Waals surface area contributed by atoms with E-state index < -0.39 is 6.10 Å². The number of aliphatic hydroxyl groups excluding tert-OH is 1. The molecule has 0 radical (unpaired) electrons. The fourth-order valence-electron chi connectivity index (χ4n) is 2.32. The minimum Gasteiger partial charge on any atom is -0.387 e. The molecule has 1 aliphatic rings. The summed E-state index contributed by atoms with van der Waals surface area (Å²) in [5.74, 6) is 0.301. The van der Waals surface area contributed by atoms with Gasteiger partial charge >= 0.3 is 0 Å². The monoisotopic (exact) mass is 249 g/mol. The molecule has 0 aliphatic heterocycles. The van der Waals surface area contributed by atoms with E-state index in [1.54, 1.807) is 18.2 Å². The van der Waals surface area contributed by atoms with Crippen molar-refractivity contribution < 1.29 is 9.50 Å². The number of hydrogen-bond acceptors (Lipinski definition) is 2. The van der Waals surface area contributed by atoms with E-state index in [1.807, 2.05) is 0 Å². The Bertz CT molecular complexity index is 405.